The number of aliphatic hydroxyl groups excluding tert-OH is 1. The Morgan fingerprint density at radius 3 is 2.88 bits per heavy atom. The van der Waals surface area contributed by atoms with Crippen molar-refractivity contribution in [1.82, 2.24) is 0 Å². The molecule has 0 radical (unpaired) electrons. The minimum Gasteiger partial charge on any atom is -0.392 e. The predicted octanol–water partition coefficient (Wildman–Crippen LogP) is 2.67. The van der Waals surface area contributed by atoms with Gasteiger partial charge in [-0.2, -0.15) is 0 Å². The van der Waals surface area contributed by atoms with Crippen molar-refractivity contribution in [3.05, 3.63) is 28.8 Å². The third-order valence-corrected chi connectivity index (χ3v) is 3.80. The molecule has 1 fully saturated rings. The van der Waals surface area contributed by atoms with Crippen LogP contribution in [0.2, 0.25) is 5.02 Å². The molecular weight excluding hydrogens is 238 g/mol. The zero-order valence-corrected chi connectivity index (χ0v) is 10.7. The fourth-order valence-electron chi connectivity index (χ4n) is 2.13. The summed E-state index contributed by atoms with van der Waals surface area (Å²) in [5.41, 5.74) is 1.67. The summed E-state index contributed by atoms with van der Waals surface area (Å²) in [6, 6.07) is 5.67. The van der Waals surface area contributed by atoms with Crippen molar-refractivity contribution >= 4 is 17.3 Å². The highest BCUT2D eigenvalue weighted by atomic mass is 35.5. The topological polar surface area (TPSA) is 41.5 Å². The van der Waals surface area contributed by atoms with E-state index >= 15 is 0 Å². The normalized spacial score (nSPS) is 23.2. The van der Waals surface area contributed by atoms with Crippen LogP contribution < -0.4 is 5.32 Å². The number of aliphatic hydroxyl groups is 1. The van der Waals surface area contributed by atoms with Crippen LogP contribution in [0.1, 0.15) is 18.4 Å². The Hall–Kier alpha value is -0.770. The molecule has 0 bridgehead atoms. The van der Waals surface area contributed by atoms with Crippen molar-refractivity contribution in [3.8, 4) is 0 Å². The molecule has 0 aliphatic heterocycles. The first-order chi connectivity index (χ1) is 8.24. The molecule has 1 saturated carbocycles. The van der Waals surface area contributed by atoms with E-state index in [1.807, 2.05) is 18.2 Å². The van der Waals surface area contributed by atoms with E-state index < -0.39 is 0 Å². The number of ether oxygens (including phenoxy) is 1. The second kappa shape index (κ2) is 5.71. The van der Waals surface area contributed by atoms with Gasteiger partial charge in [0.15, 0.2) is 0 Å². The Kier molecular flexibility index (Phi) is 4.26. The third-order valence-electron chi connectivity index (χ3n) is 3.36. The Labute approximate surface area is 107 Å². The molecule has 0 heterocycles. The van der Waals surface area contributed by atoms with E-state index in [2.05, 4.69) is 5.32 Å². The van der Waals surface area contributed by atoms with Gasteiger partial charge in [0, 0.05) is 13.7 Å². The highest BCUT2D eigenvalue weighted by Crippen LogP contribution is 2.31. The molecule has 0 aromatic heterocycles. The largest absolute Gasteiger partial charge is 0.392 e. The zero-order chi connectivity index (χ0) is 12.3. The Balaban J connectivity index is 1.87. The van der Waals surface area contributed by atoms with E-state index in [0.717, 1.165) is 30.6 Å². The predicted molar refractivity (Wildman–Crippen MR) is 69.4 cm³/mol. The van der Waals surface area contributed by atoms with Crippen LogP contribution in [0.5, 0.6) is 0 Å². The number of anilines is 1. The highest BCUT2D eigenvalue weighted by molar-refractivity contribution is 6.34. The van der Waals surface area contributed by atoms with E-state index in [0.29, 0.717) is 17.0 Å². The van der Waals surface area contributed by atoms with E-state index in [1.165, 1.54) is 0 Å². The van der Waals surface area contributed by atoms with E-state index in [1.54, 1.807) is 7.11 Å². The first kappa shape index (κ1) is 12.7. The average molecular weight is 256 g/mol. The molecule has 2 N–H and O–H groups in total. The van der Waals surface area contributed by atoms with Gasteiger partial charge in [0.25, 0.3) is 0 Å². The molecule has 0 spiro atoms. The van der Waals surface area contributed by atoms with Gasteiger partial charge in [-0.25, -0.2) is 0 Å². The third kappa shape index (κ3) is 2.92. The second-order valence-electron chi connectivity index (χ2n) is 4.51. The highest BCUT2D eigenvalue weighted by Gasteiger charge is 2.28. The number of hydrogen-bond donors (Lipinski definition) is 2. The van der Waals surface area contributed by atoms with E-state index in [4.69, 9.17) is 21.4 Å². The van der Waals surface area contributed by atoms with Crippen LogP contribution in [-0.4, -0.2) is 24.9 Å². The molecule has 4 heteroatoms. The minimum absolute atomic E-state index is 0.0243. The summed E-state index contributed by atoms with van der Waals surface area (Å²) in [7, 11) is 1.76. The molecule has 0 saturated heterocycles. The van der Waals surface area contributed by atoms with Crippen molar-refractivity contribution in [2.24, 2.45) is 5.92 Å². The van der Waals surface area contributed by atoms with Crippen LogP contribution >= 0.6 is 11.6 Å². The molecule has 17 heavy (non-hydrogen) atoms. The van der Waals surface area contributed by atoms with Gasteiger partial charge in [-0.3, -0.25) is 0 Å². The number of nitrogens with one attached hydrogen (secondary N) is 1. The molecule has 3 nitrogen and oxygen atoms in total. The van der Waals surface area contributed by atoms with Gasteiger partial charge in [0.1, 0.15) is 0 Å². The lowest BCUT2D eigenvalue weighted by Gasteiger charge is -2.34. The van der Waals surface area contributed by atoms with Gasteiger partial charge < -0.3 is 15.2 Å². The number of methoxy groups -OCH3 is 1. The second-order valence-corrected chi connectivity index (χ2v) is 4.89. The van der Waals surface area contributed by atoms with Crippen LogP contribution in [0, 0.1) is 5.92 Å². The van der Waals surface area contributed by atoms with Gasteiger partial charge in [-0.05, 0) is 30.4 Å². The summed E-state index contributed by atoms with van der Waals surface area (Å²) < 4.78 is 5.24. The Bertz CT molecular complexity index is 378. The fourth-order valence-corrected chi connectivity index (χ4v) is 2.38. The Morgan fingerprint density at radius 2 is 2.24 bits per heavy atom. The quantitative estimate of drug-likeness (QED) is 0.850. The van der Waals surface area contributed by atoms with Crippen molar-refractivity contribution in [2.45, 2.75) is 25.6 Å². The number of hydrogen-bond acceptors (Lipinski definition) is 3. The lowest BCUT2D eigenvalue weighted by Crippen LogP contribution is -2.34. The zero-order valence-electron chi connectivity index (χ0n) is 9.95. The van der Waals surface area contributed by atoms with Crippen LogP contribution in [0.4, 0.5) is 5.69 Å². The van der Waals surface area contributed by atoms with Crippen molar-refractivity contribution < 1.29 is 9.84 Å². The van der Waals surface area contributed by atoms with Crippen LogP contribution in [0.3, 0.4) is 0 Å². The van der Waals surface area contributed by atoms with Gasteiger partial charge >= 0.3 is 0 Å². The van der Waals surface area contributed by atoms with Crippen LogP contribution in [0.15, 0.2) is 18.2 Å². The van der Waals surface area contributed by atoms with Gasteiger partial charge in [0.05, 0.1) is 23.4 Å². The molecule has 1 aromatic carbocycles. The van der Waals surface area contributed by atoms with E-state index in [-0.39, 0.29) is 6.61 Å². The maximum atomic E-state index is 9.12. The van der Waals surface area contributed by atoms with Crippen molar-refractivity contribution in [3.63, 3.8) is 0 Å². The SMILES string of the molecule is COC1CC(CNc2cccc(CO)c2Cl)C1. The Morgan fingerprint density at radius 1 is 1.47 bits per heavy atom. The molecule has 0 atom stereocenters. The molecule has 1 aliphatic rings. The average Bonchev–Trinajstić information content (AvgIpc) is 2.29. The summed E-state index contributed by atoms with van der Waals surface area (Å²) >= 11 is 6.16. The van der Waals surface area contributed by atoms with Crippen molar-refractivity contribution in [1.29, 1.82) is 0 Å². The van der Waals surface area contributed by atoms with Crippen molar-refractivity contribution in [2.75, 3.05) is 19.0 Å². The number of halogens is 1. The van der Waals surface area contributed by atoms with Crippen LogP contribution in [-0.2, 0) is 11.3 Å². The smallest absolute Gasteiger partial charge is 0.0697 e. The number of benzene rings is 1. The first-order valence-corrected chi connectivity index (χ1v) is 6.27. The molecule has 0 unspecified atom stereocenters. The van der Waals surface area contributed by atoms with Gasteiger partial charge in [0.2, 0.25) is 0 Å². The lowest BCUT2D eigenvalue weighted by atomic mass is 9.82. The summed E-state index contributed by atoms with van der Waals surface area (Å²) in [5, 5.41) is 13.1. The maximum Gasteiger partial charge on any atom is 0.0697 e. The summed E-state index contributed by atoms with van der Waals surface area (Å²) in [6.45, 7) is 0.887. The fraction of sp³-hybridized carbons (Fsp3) is 0.538. The molecule has 2 rings (SSSR count). The molecule has 0 amide bonds. The molecule has 1 aromatic rings. The molecule has 94 valence electrons. The summed E-state index contributed by atoms with van der Waals surface area (Å²) in [6.07, 6.45) is 2.66. The maximum absolute atomic E-state index is 9.12. The number of rotatable bonds is 5. The monoisotopic (exact) mass is 255 g/mol. The molecule has 1 aliphatic carbocycles. The van der Waals surface area contributed by atoms with Gasteiger partial charge in [-0.1, -0.05) is 23.7 Å². The summed E-state index contributed by atoms with van der Waals surface area (Å²) in [4.78, 5) is 0. The first-order valence-electron chi connectivity index (χ1n) is 5.89. The summed E-state index contributed by atoms with van der Waals surface area (Å²) in [5.74, 6) is 0.661. The standard InChI is InChI=1S/C13H18ClNO2/c1-17-11-5-9(6-11)7-15-12-4-2-3-10(8-16)13(12)14/h2-4,9,11,15-16H,5-8H2,1H3. The van der Waals surface area contributed by atoms with E-state index in [9.17, 15) is 0 Å². The lowest BCUT2D eigenvalue weighted by molar-refractivity contribution is 0.00563. The van der Waals surface area contributed by atoms with Gasteiger partial charge in [-0.15, -0.1) is 0 Å². The molecular formula is C13H18ClNO2. The minimum atomic E-state index is -0.0243. The van der Waals surface area contributed by atoms with Crippen LogP contribution in [0.25, 0.3) is 0 Å².